The van der Waals surface area contributed by atoms with Gasteiger partial charge in [0.1, 0.15) is 23.9 Å². The summed E-state index contributed by atoms with van der Waals surface area (Å²) < 4.78 is 40.1. The van der Waals surface area contributed by atoms with Crippen LogP contribution in [0.3, 0.4) is 0 Å². The van der Waals surface area contributed by atoms with E-state index in [0.29, 0.717) is 30.6 Å². The van der Waals surface area contributed by atoms with Crippen molar-refractivity contribution in [1.29, 1.82) is 0 Å². The Kier molecular flexibility index (Phi) is 17.4. The molecule has 0 spiro atoms. The van der Waals surface area contributed by atoms with Crippen LogP contribution in [0.4, 0.5) is 4.79 Å². The van der Waals surface area contributed by atoms with Crippen LogP contribution >= 0.6 is 0 Å². The number of sulfonamides is 1. The first kappa shape index (κ1) is 47.1. The number of alkyl carbamates (subject to hydrolysis) is 1. The number of nitrogens with one attached hydrogen (secondary N) is 5. The van der Waals surface area contributed by atoms with Gasteiger partial charge in [-0.05, 0) is 67.3 Å². The monoisotopic (exact) mass is 855 g/mol. The highest BCUT2D eigenvalue weighted by Gasteiger charge is 2.46. The van der Waals surface area contributed by atoms with Crippen LogP contribution in [0.2, 0.25) is 0 Å². The predicted molar refractivity (Wildman–Crippen MR) is 218 cm³/mol. The number of carbonyl (C=O) groups is 7. The Labute approximate surface area is 350 Å². The summed E-state index contributed by atoms with van der Waals surface area (Å²) in [4.78, 5) is 94.2. The summed E-state index contributed by atoms with van der Waals surface area (Å²) in [5, 5.41) is 9.96. The van der Waals surface area contributed by atoms with E-state index in [-0.39, 0.29) is 42.7 Å². The molecule has 1 saturated heterocycles. The highest BCUT2D eigenvalue weighted by atomic mass is 32.2. The van der Waals surface area contributed by atoms with E-state index in [9.17, 15) is 42.0 Å². The van der Waals surface area contributed by atoms with Crippen LogP contribution in [-0.2, 0) is 43.5 Å². The van der Waals surface area contributed by atoms with Crippen LogP contribution in [-0.4, -0.2) is 106 Å². The van der Waals surface area contributed by atoms with Crippen molar-refractivity contribution in [1.82, 2.24) is 30.9 Å². The molecule has 2 aliphatic rings. The van der Waals surface area contributed by atoms with Crippen molar-refractivity contribution in [3.63, 3.8) is 0 Å². The third-order valence-corrected chi connectivity index (χ3v) is 11.9. The van der Waals surface area contributed by atoms with E-state index in [1.807, 2.05) is 13.8 Å². The van der Waals surface area contributed by atoms with Crippen molar-refractivity contribution >= 4 is 51.4 Å². The van der Waals surface area contributed by atoms with Crippen molar-refractivity contribution in [3.8, 4) is 5.75 Å². The van der Waals surface area contributed by atoms with Crippen molar-refractivity contribution in [2.24, 2.45) is 17.6 Å². The van der Waals surface area contributed by atoms with Crippen LogP contribution < -0.4 is 36.5 Å². The lowest BCUT2D eigenvalue weighted by Crippen LogP contribution is -2.58. The van der Waals surface area contributed by atoms with Crippen molar-refractivity contribution in [2.45, 2.75) is 107 Å². The molecular weight excluding hydrogens is 799 g/mol. The first-order chi connectivity index (χ1) is 28.5. The normalized spacial score (nSPS) is 18.4. The molecule has 0 bridgehead atoms. The summed E-state index contributed by atoms with van der Waals surface area (Å²) in [6.07, 6.45) is 3.15. The lowest BCUT2D eigenvalue weighted by molar-refractivity contribution is -0.143. The Balaban J connectivity index is 1.54. The SMILES string of the molecule is CCCC(NC(=O)C1C[C@@H](NS(=O)(=O)c2ccc(OC)cc2)CN1C(=O)[C@@H](NC(=O)OCC(C)C)C1CCCCC1)C(=O)C(=O)NCC(=O)N[C@H](C(N)=O)c1ccccc1. The number of nitrogens with two attached hydrogens (primary N) is 1. The molecule has 1 aliphatic carbocycles. The summed E-state index contributed by atoms with van der Waals surface area (Å²) in [7, 11) is -2.73. The number of amides is 6. The second-order valence-corrected chi connectivity index (χ2v) is 17.2. The minimum atomic E-state index is -4.17. The molecule has 7 N–H and O–H groups in total. The molecule has 2 aromatic carbocycles. The molecule has 60 heavy (non-hydrogen) atoms. The summed E-state index contributed by atoms with van der Waals surface area (Å²) in [5.74, 6) is -5.20. The first-order valence-electron chi connectivity index (χ1n) is 20.2. The molecule has 4 rings (SSSR count). The lowest BCUT2D eigenvalue weighted by Gasteiger charge is -2.34. The number of ketones is 1. The van der Waals surface area contributed by atoms with Gasteiger partial charge in [0, 0.05) is 12.6 Å². The van der Waals surface area contributed by atoms with Crippen LogP contribution in [0.1, 0.15) is 83.7 Å². The number of hydrogen-bond donors (Lipinski definition) is 6. The second kappa shape index (κ2) is 22.2. The molecule has 1 saturated carbocycles. The number of Topliss-reactive ketones (excluding diaryl/α,β-unsaturated/α-hetero) is 1. The topological polar surface area (TPSA) is 262 Å². The standard InChI is InChI=1S/C41H57N7O11S/c1-5-12-31(36(50)39(53)43-22-33(49)45-34(37(42)51)26-13-8-6-9-14-26)44-38(52)32-21-28(47-60(56,57)30-19-17-29(58-4)18-20-30)23-48(32)40(54)35(27-15-10-7-11-16-27)46-41(55)59-24-25(2)3/h6,8-9,13-14,17-20,25,27-28,31-32,34-35,47H,5,7,10-12,15-16,21-24H2,1-4H3,(H2,42,51)(H,43,53)(H,44,52)(H,45,49)(H,46,55)/t28-,31?,32?,34+,35+/m1/s1. The van der Waals surface area contributed by atoms with Crippen LogP contribution in [0.15, 0.2) is 59.5 Å². The fourth-order valence-electron chi connectivity index (χ4n) is 7.30. The van der Waals surface area contributed by atoms with Gasteiger partial charge >= 0.3 is 6.09 Å². The van der Waals surface area contributed by atoms with E-state index in [2.05, 4.69) is 26.0 Å². The summed E-state index contributed by atoms with van der Waals surface area (Å²) in [5.41, 5.74) is 5.88. The molecule has 18 nitrogen and oxygen atoms in total. The Morgan fingerprint density at radius 1 is 0.900 bits per heavy atom. The van der Waals surface area contributed by atoms with Crippen LogP contribution in [0, 0.1) is 11.8 Å². The first-order valence-corrected chi connectivity index (χ1v) is 21.7. The van der Waals surface area contributed by atoms with Gasteiger partial charge in [-0.3, -0.25) is 28.8 Å². The molecule has 2 unspecified atom stereocenters. The Bertz CT molecular complexity index is 1940. The fraction of sp³-hybridized carbons (Fsp3) is 0.537. The molecule has 2 fully saturated rings. The van der Waals surface area contributed by atoms with Crippen molar-refractivity contribution < 1.29 is 51.5 Å². The zero-order valence-electron chi connectivity index (χ0n) is 34.4. The van der Waals surface area contributed by atoms with E-state index in [0.717, 1.165) is 19.3 Å². The molecule has 1 heterocycles. The molecule has 328 valence electrons. The number of carbonyl (C=O) groups excluding carboxylic acids is 7. The maximum Gasteiger partial charge on any atom is 0.407 e. The highest BCUT2D eigenvalue weighted by Crippen LogP contribution is 2.30. The second-order valence-electron chi connectivity index (χ2n) is 15.5. The molecule has 0 radical (unpaired) electrons. The number of nitrogens with zero attached hydrogens (tertiary/aromatic N) is 1. The quantitative estimate of drug-likeness (QED) is 0.104. The van der Waals surface area contributed by atoms with Gasteiger partial charge in [0.2, 0.25) is 39.4 Å². The van der Waals surface area contributed by atoms with Crippen LogP contribution in [0.25, 0.3) is 0 Å². The molecule has 1 aliphatic heterocycles. The Hall–Kier alpha value is -5.56. The number of rotatable bonds is 20. The summed E-state index contributed by atoms with van der Waals surface area (Å²) in [6.45, 7) is 4.61. The van der Waals surface area contributed by atoms with Gasteiger partial charge in [0.05, 0.1) is 31.2 Å². The van der Waals surface area contributed by atoms with Gasteiger partial charge in [-0.15, -0.1) is 0 Å². The van der Waals surface area contributed by atoms with E-state index >= 15 is 0 Å². The van der Waals surface area contributed by atoms with Gasteiger partial charge in [-0.25, -0.2) is 17.9 Å². The Morgan fingerprint density at radius 2 is 1.57 bits per heavy atom. The van der Waals surface area contributed by atoms with Gasteiger partial charge < -0.3 is 41.4 Å². The average Bonchev–Trinajstić information content (AvgIpc) is 3.66. The van der Waals surface area contributed by atoms with Gasteiger partial charge in [-0.2, -0.15) is 0 Å². The maximum absolute atomic E-state index is 14.6. The maximum atomic E-state index is 14.6. The smallest absolute Gasteiger partial charge is 0.407 e. The molecule has 5 atom stereocenters. The molecule has 6 amide bonds. The number of methoxy groups -OCH3 is 1. The third-order valence-electron chi connectivity index (χ3n) is 10.4. The molecule has 0 aromatic heterocycles. The number of likely N-dealkylation sites (tertiary alicyclic amines) is 1. The van der Waals surface area contributed by atoms with Gasteiger partial charge in [0.25, 0.3) is 5.91 Å². The average molecular weight is 856 g/mol. The number of hydrogen-bond acceptors (Lipinski definition) is 11. The zero-order chi connectivity index (χ0) is 44.0. The lowest BCUT2D eigenvalue weighted by atomic mass is 9.83. The van der Waals surface area contributed by atoms with E-state index in [1.165, 1.54) is 36.3 Å². The number of benzene rings is 2. The number of ether oxygens (including phenoxy) is 2. The summed E-state index contributed by atoms with van der Waals surface area (Å²) >= 11 is 0. The third kappa shape index (κ3) is 13.2. The van der Waals surface area contributed by atoms with Crippen LogP contribution in [0.5, 0.6) is 5.75 Å². The fourth-order valence-corrected chi connectivity index (χ4v) is 8.54. The molecule has 19 heteroatoms. The summed E-state index contributed by atoms with van der Waals surface area (Å²) in [6, 6.07) is 7.86. The minimum absolute atomic E-state index is 0.00405. The minimum Gasteiger partial charge on any atom is -0.497 e. The van der Waals surface area contributed by atoms with Crippen molar-refractivity contribution in [3.05, 3.63) is 60.2 Å². The van der Waals surface area contributed by atoms with Gasteiger partial charge in [-0.1, -0.05) is 76.8 Å². The predicted octanol–water partition coefficient (Wildman–Crippen LogP) is 1.59. The molecule has 2 aromatic rings. The van der Waals surface area contributed by atoms with E-state index in [4.69, 9.17) is 15.2 Å². The zero-order valence-corrected chi connectivity index (χ0v) is 35.3. The van der Waals surface area contributed by atoms with Crippen molar-refractivity contribution in [2.75, 3.05) is 26.8 Å². The van der Waals surface area contributed by atoms with Gasteiger partial charge in [0.15, 0.2) is 0 Å². The molecular formula is C41H57N7O11S. The highest BCUT2D eigenvalue weighted by molar-refractivity contribution is 7.89. The largest absolute Gasteiger partial charge is 0.497 e. The van der Waals surface area contributed by atoms with E-state index < -0.39 is 88.2 Å². The Morgan fingerprint density at radius 3 is 2.17 bits per heavy atom. The number of primary amides is 1. The van der Waals surface area contributed by atoms with E-state index in [1.54, 1.807) is 37.3 Å².